The molecule has 0 heterocycles. The monoisotopic (exact) mass is 270 g/mol. The maximum absolute atomic E-state index is 12.2. The molecule has 1 saturated carbocycles. The zero-order valence-electron chi connectivity index (χ0n) is 12.2. The van der Waals surface area contributed by atoms with Gasteiger partial charge in [-0.1, -0.05) is 27.2 Å². The van der Waals surface area contributed by atoms with E-state index in [1.807, 2.05) is 20.8 Å². The summed E-state index contributed by atoms with van der Waals surface area (Å²) in [6.07, 6.45) is 3.98. The number of carboxylic acid groups (broad SMARTS) is 1. The molecule has 1 unspecified atom stereocenters. The highest BCUT2D eigenvalue weighted by atomic mass is 16.4. The first-order chi connectivity index (χ1) is 8.99. The highest BCUT2D eigenvalue weighted by Crippen LogP contribution is 2.29. The van der Waals surface area contributed by atoms with Crippen molar-refractivity contribution >= 4 is 12.0 Å². The number of urea groups is 1. The molecule has 0 saturated heterocycles. The van der Waals surface area contributed by atoms with Gasteiger partial charge in [-0.15, -0.1) is 0 Å². The molecule has 5 heteroatoms. The molecule has 0 aliphatic heterocycles. The molecule has 2 atom stereocenters. The van der Waals surface area contributed by atoms with Crippen molar-refractivity contribution in [3.8, 4) is 0 Å². The number of carboxylic acids is 1. The number of rotatable bonds is 8. The van der Waals surface area contributed by atoms with Crippen molar-refractivity contribution in [2.75, 3.05) is 13.1 Å². The second-order valence-electron chi connectivity index (χ2n) is 5.54. The predicted octanol–water partition coefficient (Wildman–Crippen LogP) is 2.32. The van der Waals surface area contributed by atoms with Gasteiger partial charge in [-0.25, -0.2) is 9.59 Å². The van der Waals surface area contributed by atoms with E-state index in [1.54, 1.807) is 4.90 Å². The van der Waals surface area contributed by atoms with Gasteiger partial charge >= 0.3 is 12.0 Å². The van der Waals surface area contributed by atoms with Gasteiger partial charge in [0, 0.05) is 13.1 Å². The van der Waals surface area contributed by atoms with Crippen molar-refractivity contribution < 1.29 is 14.7 Å². The third-order valence-corrected chi connectivity index (χ3v) is 3.71. The van der Waals surface area contributed by atoms with Gasteiger partial charge in [-0.05, 0) is 31.1 Å². The van der Waals surface area contributed by atoms with E-state index in [0.717, 1.165) is 19.4 Å². The molecule has 1 rings (SSSR count). The minimum atomic E-state index is -0.953. The summed E-state index contributed by atoms with van der Waals surface area (Å²) >= 11 is 0. The summed E-state index contributed by atoms with van der Waals surface area (Å²) in [6, 6.07) is -1.03. The van der Waals surface area contributed by atoms with Crippen LogP contribution in [-0.2, 0) is 4.79 Å². The van der Waals surface area contributed by atoms with Gasteiger partial charge in [0.15, 0.2) is 0 Å². The molecule has 0 spiro atoms. The van der Waals surface area contributed by atoms with Gasteiger partial charge in [0.2, 0.25) is 0 Å². The van der Waals surface area contributed by atoms with Crippen LogP contribution >= 0.6 is 0 Å². The highest BCUT2D eigenvalue weighted by Gasteiger charge is 2.30. The largest absolute Gasteiger partial charge is 0.480 e. The molecule has 0 bridgehead atoms. The van der Waals surface area contributed by atoms with E-state index in [-0.39, 0.29) is 11.9 Å². The van der Waals surface area contributed by atoms with E-state index >= 15 is 0 Å². The zero-order chi connectivity index (χ0) is 14.4. The average Bonchev–Trinajstić information content (AvgIpc) is 3.17. The van der Waals surface area contributed by atoms with E-state index in [2.05, 4.69) is 5.32 Å². The summed E-state index contributed by atoms with van der Waals surface area (Å²) in [4.78, 5) is 25.2. The first-order valence-electron chi connectivity index (χ1n) is 7.27. The summed E-state index contributed by atoms with van der Waals surface area (Å²) < 4.78 is 0. The van der Waals surface area contributed by atoms with Gasteiger partial charge in [-0.2, -0.15) is 0 Å². The third kappa shape index (κ3) is 5.09. The number of carbonyl (C=O) groups excluding carboxylic acids is 1. The van der Waals surface area contributed by atoms with E-state index in [9.17, 15) is 14.7 Å². The van der Waals surface area contributed by atoms with Crippen molar-refractivity contribution in [1.29, 1.82) is 0 Å². The molecular formula is C14H26N2O3. The number of carbonyl (C=O) groups is 2. The summed E-state index contributed by atoms with van der Waals surface area (Å²) in [6.45, 7) is 7.25. The number of nitrogens with zero attached hydrogens (tertiary/aromatic N) is 1. The molecule has 0 aromatic heterocycles. The zero-order valence-corrected chi connectivity index (χ0v) is 12.2. The molecule has 1 fully saturated rings. The SMILES string of the molecule is CCCN(CC1CC1)C(=O)N[C@H](C(=O)O)C(C)CC. The van der Waals surface area contributed by atoms with Crippen LogP contribution in [0.3, 0.4) is 0 Å². The smallest absolute Gasteiger partial charge is 0.326 e. The second-order valence-corrected chi connectivity index (χ2v) is 5.54. The van der Waals surface area contributed by atoms with Gasteiger partial charge in [-0.3, -0.25) is 0 Å². The van der Waals surface area contributed by atoms with Crippen LogP contribution in [0, 0.1) is 11.8 Å². The number of amides is 2. The molecule has 110 valence electrons. The van der Waals surface area contributed by atoms with Crippen LogP contribution in [-0.4, -0.2) is 41.1 Å². The fourth-order valence-electron chi connectivity index (χ4n) is 2.07. The van der Waals surface area contributed by atoms with Crippen molar-refractivity contribution in [1.82, 2.24) is 10.2 Å². The molecule has 2 N–H and O–H groups in total. The average molecular weight is 270 g/mol. The first-order valence-corrected chi connectivity index (χ1v) is 7.27. The predicted molar refractivity (Wildman–Crippen MR) is 74.0 cm³/mol. The fraction of sp³-hybridized carbons (Fsp3) is 0.857. The Morgan fingerprint density at radius 1 is 1.37 bits per heavy atom. The molecule has 0 radical (unpaired) electrons. The normalized spacial score (nSPS) is 17.6. The third-order valence-electron chi connectivity index (χ3n) is 3.71. The number of nitrogens with one attached hydrogen (secondary N) is 1. The van der Waals surface area contributed by atoms with Crippen molar-refractivity contribution in [2.24, 2.45) is 11.8 Å². The van der Waals surface area contributed by atoms with Crippen molar-refractivity contribution in [2.45, 2.75) is 52.5 Å². The minimum Gasteiger partial charge on any atom is -0.480 e. The van der Waals surface area contributed by atoms with Crippen LogP contribution in [0.4, 0.5) is 4.79 Å². The molecule has 0 aromatic rings. The molecule has 2 amide bonds. The summed E-state index contributed by atoms with van der Waals surface area (Å²) in [5.41, 5.74) is 0. The van der Waals surface area contributed by atoms with Gasteiger partial charge in [0.1, 0.15) is 6.04 Å². The lowest BCUT2D eigenvalue weighted by Crippen LogP contribution is -2.51. The number of hydrogen-bond acceptors (Lipinski definition) is 2. The lowest BCUT2D eigenvalue weighted by atomic mass is 9.99. The van der Waals surface area contributed by atoms with Gasteiger partial charge < -0.3 is 15.3 Å². The maximum atomic E-state index is 12.2. The van der Waals surface area contributed by atoms with Crippen molar-refractivity contribution in [3.63, 3.8) is 0 Å². The first kappa shape index (κ1) is 15.8. The minimum absolute atomic E-state index is 0.0640. The Morgan fingerprint density at radius 3 is 2.42 bits per heavy atom. The molecule has 1 aliphatic carbocycles. The van der Waals surface area contributed by atoms with Crippen LogP contribution in [0.15, 0.2) is 0 Å². The Hall–Kier alpha value is -1.26. The fourth-order valence-corrected chi connectivity index (χ4v) is 2.07. The topological polar surface area (TPSA) is 69.6 Å². The van der Waals surface area contributed by atoms with Crippen LogP contribution in [0.5, 0.6) is 0 Å². The maximum Gasteiger partial charge on any atom is 0.326 e. The van der Waals surface area contributed by atoms with E-state index in [0.29, 0.717) is 12.5 Å². The second kappa shape index (κ2) is 7.36. The molecule has 1 aliphatic rings. The van der Waals surface area contributed by atoms with E-state index in [1.165, 1.54) is 12.8 Å². The summed E-state index contributed by atoms with van der Waals surface area (Å²) in [7, 11) is 0. The number of hydrogen-bond donors (Lipinski definition) is 2. The van der Waals surface area contributed by atoms with Crippen LogP contribution in [0.1, 0.15) is 46.5 Å². The lowest BCUT2D eigenvalue weighted by molar-refractivity contribution is -0.140. The Balaban J connectivity index is 2.58. The summed E-state index contributed by atoms with van der Waals surface area (Å²) in [5, 5.41) is 11.9. The van der Waals surface area contributed by atoms with Crippen molar-refractivity contribution in [3.05, 3.63) is 0 Å². The Bertz CT molecular complexity index is 316. The quantitative estimate of drug-likeness (QED) is 0.711. The molecular weight excluding hydrogens is 244 g/mol. The highest BCUT2D eigenvalue weighted by molar-refractivity contribution is 5.82. The van der Waals surface area contributed by atoms with Gasteiger partial charge in [0.05, 0.1) is 0 Å². The number of aliphatic carboxylic acids is 1. The van der Waals surface area contributed by atoms with E-state index < -0.39 is 12.0 Å². The molecule has 5 nitrogen and oxygen atoms in total. The lowest BCUT2D eigenvalue weighted by Gasteiger charge is -2.27. The Labute approximate surface area is 115 Å². The van der Waals surface area contributed by atoms with Crippen LogP contribution in [0.25, 0.3) is 0 Å². The van der Waals surface area contributed by atoms with Crippen LogP contribution < -0.4 is 5.32 Å². The Morgan fingerprint density at radius 2 is 2.00 bits per heavy atom. The Kier molecular flexibility index (Phi) is 6.12. The van der Waals surface area contributed by atoms with Crippen LogP contribution in [0.2, 0.25) is 0 Å². The standard InChI is InChI=1S/C14H26N2O3/c1-4-8-16(9-11-6-7-11)14(19)15-12(13(17)18)10(3)5-2/h10-12H,4-9H2,1-3H3,(H,15,19)(H,17,18)/t10?,12-/m0/s1. The van der Waals surface area contributed by atoms with Gasteiger partial charge in [0.25, 0.3) is 0 Å². The molecule has 0 aromatic carbocycles. The van der Waals surface area contributed by atoms with E-state index in [4.69, 9.17) is 0 Å². The summed E-state index contributed by atoms with van der Waals surface area (Å²) in [5.74, 6) is -0.402. The molecule has 19 heavy (non-hydrogen) atoms.